The third kappa shape index (κ3) is 2.77. The van der Waals surface area contributed by atoms with Crippen LogP contribution in [0.1, 0.15) is 35.7 Å². The number of hydrogen-bond acceptors (Lipinski definition) is 4. The van der Waals surface area contributed by atoms with Gasteiger partial charge < -0.3 is 10.0 Å². The van der Waals surface area contributed by atoms with Crippen LogP contribution in [0.5, 0.6) is 0 Å². The van der Waals surface area contributed by atoms with E-state index in [0.717, 1.165) is 12.0 Å². The van der Waals surface area contributed by atoms with Gasteiger partial charge in [-0.3, -0.25) is 14.0 Å². The van der Waals surface area contributed by atoms with E-state index in [0.29, 0.717) is 18.6 Å². The smallest absolute Gasteiger partial charge is 0.326 e. The van der Waals surface area contributed by atoms with E-state index in [4.69, 9.17) is 0 Å². The van der Waals surface area contributed by atoms with Gasteiger partial charge in [0.05, 0.1) is 0 Å². The maximum Gasteiger partial charge on any atom is 0.326 e. The molecule has 1 fully saturated rings. The van der Waals surface area contributed by atoms with Crippen molar-refractivity contribution in [3.05, 3.63) is 46.0 Å². The Hall–Kier alpha value is -2.70. The van der Waals surface area contributed by atoms with Crippen molar-refractivity contribution in [2.24, 2.45) is 5.92 Å². The van der Waals surface area contributed by atoms with Gasteiger partial charge in [0, 0.05) is 18.9 Å². The lowest BCUT2D eigenvalue weighted by Crippen LogP contribution is -2.51. The Balaban J connectivity index is 2.02. The molecule has 0 saturated carbocycles. The summed E-state index contributed by atoms with van der Waals surface area (Å²) in [5.74, 6) is -1.38. The minimum atomic E-state index is -1.04. The van der Waals surface area contributed by atoms with E-state index in [1.54, 1.807) is 18.3 Å². The minimum absolute atomic E-state index is 0.0999. The fourth-order valence-electron chi connectivity index (χ4n) is 3.10. The summed E-state index contributed by atoms with van der Waals surface area (Å²) in [7, 11) is 0. The average molecular weight is 329 g/mol. The van der Waals surface area contributed by atoms with Gasteiger partial charge >= 0.3 is 5.97 Å². The number of carboxylic acids is 1. The number of carboxylic acid groups (broad SMARTS) is 1. The van der Waals surface area contributed by atoms with Crippen molar-refractivity contribution in [1.82, 2.24) is 14.3 Å². The molecule has 1 aliphatic rings. The van der Waals surface area contributed by atoms with E-state index in [9.17, 15) is 19.5 Å². The second kappa shape index (κ2) is 6.07. The van der Waals surface area contributed by atoms with E-state index in [1.165, 1.54) is 15.5 Å². The molecule has 3 rings (SSSR count). The van der Waals surface area contributed by atoms with Gasteiger partial charge in [-0.15, -0.1) is 0 Å². The monoisotopic (exact) mass is 329 g/mol. The third-order valence-electron chi connectivity index (χ3n) is 4.51. The number of nitrogens with zero attached hydrogens (tertiary/aromatic N) is 3. The second-order valence-electron chi connectivity index (χ2n) is 6.39. The highest BCUT2D eigenvalue weighted by Crippen LogP contribution is 2.24. The van der Waals surface area contributed by atoms with Gasteiger partial charge in [-0.25, -0.2) is 9.78 Å². The summed E-state index contributed by atoms with van der Waals surface area (Å²) in [6.45, 7) is 4.18. The molecule has 1 aliphatic heterocycles. The number of pyridine rings is 1. The van der Waals surface area contributed by atoms with Crippen molar-refractivity contribution in [2.75, 3.05) is 6.54 Å². The first kappa shape index (κ1) is 16.2. The number of aliphatic carboxylic acids is 1. The van der Waals surface area contributed by atoms with Gasteiger partial charge in [0.15, 0.2) is 0 Å². The molecule has 3 heterocycles. The highest BCUT2D eigenvalue weighted by Gasteiger charge is 2.36. The number of piperidine rings is 1. The van der Waals surface area contributed by atoms with E-state index >= 15 is 0 Å². The summed E-state index contributed by atoms with van der Waals surface area (Å²) < 4.78 is 1.31. The molecule has 0 radical (unpaired) electrons. The quantitative estimate of drug-likeness (QED) is 0.897. The number of fused-ring (bicyclic) bond motifs is 1. The van der Waals surface area contributed by atoms with Crippen LogP contribution in [0.4, 0.5) is 0 Å². The third-order valence-corrected chi connectivity index (χ3v) is 4.51. The Morgan fingerprint density at radius 3 is 2.83 bits per heavy atom. The molecule has 126 valence electrons. The molecular weight excluding hydrogens is 310 g/mol. The fraction of sp³-hybridized carbons (Fsp3) is 0.412. The molecule has 0 aliphatic carbocycles. The molecule has 1 N–H and O–H groups in total. The van der Waals surface area contributed by atoms with Crippen molar-refractivity contribution in [3.8, 4) is 0 Å². The summed E-state index contributed by atoms with van der Waals surface area (Å²) in [5.41, 5.74) is 0.834. The zero-order valence-corrected chi connectivity index (χ0v) is 13.6. The van der Waals surface area contributed by atoms with Crippen LogP contribution in [-0.2, 0) is 4.79 Å². The van der Waals surface area contributed by atoms with Crippen molar-refractivity contribution in [3.63, 3.8) is 0 Å². The van der Waals surface area contributed by atoms with E-state index in [2.05, 4.69) is 4.98 Å². The molecule has 0 aromatic carbocycles. The van der Waals surface area contributed by atoms with Gasteiger partial charge in [-0.2, -0.15) is 0 Å². The maximum atomic E-state index is 12.8. The molecule has 1 saturated heterocycles. The summed E-state index contributed by atoms with van der Waals surface area (Å²) in [6.07, 6.45) is 3.93. The number of carbonyl (C=O) groups is 2. The van der Waals surface area contributed by atoms with Crippen molar-refractivity contribution in [2.45, 2.75) is 32.7 Å². The molecule has 0 bridgehead atoms. The predicted octanol–water partition coefficient (Wildman–Crippen LogP) is 1.33. The Bertz CT molecular complexity index is 874. The lowest BCUT2D eigenvalue weighted by Gasteiger charge is -2.35. The lowest BCUT2D eigenvalue weighted by molar-refractivity contribution is -0.144. The molecule has 7 nitrogen and oxygen atoms in total. The Labute approximate surface area is 138 Å². The molecule has 2 atom stereocenters. The molecule has 1 amide bonds. The van der Waals surface area contributed by atoms with Crippen LogP contribution in [0.2, 0.25) is 0 Å². The number of rotatable bonds is 2. The number of amides is 1. The van der Waals surface area contributed by atoms with Crippen LogP contribution < -0.4 is 5.56 Å². The van der Waals surface area contributed by atoms with Crippen LogP contribution in [0.25, 0.3) is 5.65 Å². The average Bonchev–Trinajstić information content (AvgIpc) is 2.54. The van der Waals surface area contributed by atoms with Gasteiger partial charge in [0.1, 0.15) is 17.3 Å². The largest absolute Gasteiger partial charge is 0.480 e. The summed E-state index contributed by atoms with van der Waals surface area (Å²) >= 11 is 0. The first-order chi connectivity index (χ1) is 11.4. The van der Waals surface area contributed by atoms with Crippen LogP contribution in [0, 0.1) is 12.8 Å². The zero-order valence-electron chi connectivity index (χ0n) is 13.6. The van der Waals surface area contributed by atoms with Crippen LogP contribution in [-0.4, -0.2) is 43.9 Å². The van der Waals surface area contributed by atoms with Gasteiger partial charge in [-0.1, -0.05) is 6.92 Å². The SMILES string of the molecule is Cc1ccn2c(=O)c(C(=O)N3CCC(C)CC3C(=O)O)cnc2c1. The molecular formula is C17H19N3O4. The van der Waals surface area contributed by atoms with Crippen LogP contribution in [0.15, 0.2) is 29.3 Å². The van der Waals surface area contributed by atoms with Crippen molar-refractivity contribution < 1.29 is 14.7 Å². The number of carbonyl (C=O) groups excluding carboxylic acids is 1. The van der Waals surface area contributed by atoms with Crippen molar-refractivity contribution >= 4 is 17.5 Å². The Kier molecular flexibility index (Phi) is 4.09. The first-order valence-corrected chi connectivity index (χ1v) is 7.90. The zero-order chi connectivity index (χ0) is 17.4. The molecule has 0 spiro atoms. The maximum absolute atomic E-state index is 12.8. The summed E-state index contributed by atoms with van der Waals surface area (Å²) in [5, 5.41) is 9.40. The molecule has 2 aromatic heterocycles. The number of likely N-dealkylation sites (tertiary alicyclic amines) is 1. The van der Waals surface area contributed by atoms with E-state index < -0.39 is 23.5 Å². The predicted molar refractivity (Wildman–Crippen MR) is 87.1 cm³/mol. The Morgan fingerprint density at radius 2 is 2.12 bits per heavy atom. The van der Waals surface area contributed by atoms with Gasteiger partial charge in [-0.05, 0) is 43.4 Å². The van der Waals surface area contributed by atoms with Crippen LogP contribution in [0.3, 0.4) is 0 Å². The second-order valence-corrected chi connectivity index (χ2v) is 6.39. The molecule has 7 heteroatoms. The van der Waals surface area contributed by atoms with Crippen molar-refractivity contribution in [1.29, 1.82) is 0 Å². The summed E-state index contributed by atoms with van der Waals surface area (Å²) in [6, 6.07) is 2.60. The molecule has 2 aromatic rings. The molecule has 2 unspecified atom stereocenters. The first-order valence-electron chi connectivity index (χ1n) is 7.90. The normalized spacial score (nSPS) is 21.0. The topological polar surface area (TPSA) is 92.0 Å². The molecule has 24 heavy (non-hydrogen) atoms. The highest BCUT2D eigenvalue weighted by atomic mass is 16.4. The number of aryl methyl sites for hydroxylation is 1. The highest BCUT2D eigenvalue weighted by molar-refractivity contribution is 5.96. The number of hydrogen-bond donors (Lipinski definition) is 1. The Morgan fingerprint density at radius 1 is 1.38 bits per heavy atom. The standard InChI is InChI=1S/C17H19N3O4/c1-10-3-5-19(13(7-10)17(23)24)15(21)12-9-18-14-8-11(2)4-6-20(14)16(12)22/h4,6,8-10,13H,3,5,7H2,1-2H3,(H,23,24). The minimum Gasteiger partial charge on any atom is -0.480 e. The van der Waals surface area contributed by atoms with Gasteiger partial charge in [0.25, 0.3) is 11.5 Å². The lowest BCUT2D eigenvalue weighted by atomic mass is 9.92. The van der Waals surface area contributed by atoms with Crippen LogP contribution >= 0.6 is 0 Å². The number of aromatic nitrogens is 2. The van der Waals surface area contributed by atoms with E-state index in [-0.39, 0.29) is 11.5 Å². The fourth-order valence-corrected chi connectivity index (χ4v) is 3.10. The van der Waals surface area contributed by atoms with E-state index in [1.807, 2.05) is 13.8 Å². The summed E-state index contributed by atoms with van der Waals surface area (Å²) in [4.78, 5) is 42.3. The van der Waals surface area contributed by atoms with Gasteiger partial charge in [0.2, 0.25) is 0 Å².